The average Bonchev–Trinajstić information content (AvgIpc) is 3.12. The predicted molar refractivity (Wildman–Crippen MR) is 134 cm³/mol. The number of nitrogens with one attached hydrogen (secondary N) is 1. The van der Waals surface area contributed by atoms with E-state index in [-0.39, 0.29) is 18.1 Å². The van der Waals surface area contributed by atoms with Gasteiger partial charge in [-0.25, -0.2) is 0 Å². The third-order valence-electron chi connectivity index (χ3n) is 4.38. The Morgan fingerprint density at radius 3 is 2.62 bits per heavy atom. The molecule has 3 aromatic rings. The van der Waals surface area contributed by atoms with Crippen molar-refractivity contribution in [3.63, 3.8) is 0 Å². The van der Waals surface area contributed by atoms with Crippen LogP contribution in [0.15, 0.2) is 40.8 Å². The number of carbonyl (C=O) groups excluding carboxylic acids is 1. The summed E-state index contributed by atoms with van der Waals surface area (Å²) < 4.78 is 44.7. The minimum Gasteiger partial charge on any atom is -0.490 e. The first-order chi connectivity index (χ1) is 15.5. The second kappa shape index (κ2) is 10.8. The first-order valence-electron chi connectivity index (χ1n) is 11.5. The summed E-state index contributed by atoms with van der Waals surface area (Å²) in [7, 11) is 0. The van der Waals surface area contributed by atoms with Crippen molar-refractivity contribution in [2.75, 3.05) is 19.6 Å². The molecule has 0 saturated carbocycles. The van der Waals surface area contributed by atoms with Crippen molar-refractivity contribution >= 4 is 61.9 Å². The van der Waals surface area contributed by atoms with Gasteiger partial charge in [0.05, 0.1) is 15.4 Å². The van der Waals surface area contributed by atoms with Crippen molar-refractivity contribution in [1.29, 1.82) is 0 Å². The van der Waals surface area contributed by atoms with Crippen LogP contribution in [-0.4, -0.2) is 25.4 Å². The van der Waals surface area contributed by atoms with Gasteiger partial charge in [0, 0.05) is 26.6 Å². The van der Waals surface area contributed by atoms with E-state index >= 15 is 0 Å². The van der Waals surface area contributed by atoms with Gasteiger partial charge < -0.3 is 14.5 Å². The van der Waals surface area contributed by atoms with Crippen LogP contribution in [0.3, 0.4) is 0 Å². The van der Waals surface area contributed by atoms with E-state index in [4.69, 9.17) is 14.6 Å². The van der Waals surface area contributed by atoms with Crippen molar-refractivity contribution in [2.45, 2.75) is 33.1 Å². The number of para-hydroxylation sites is 1. The number of hydrogen-bond donors (Lipinski definition) is 1. The lowest BCUT2D eigenvalue weighted by Gasteiger charge is -2.12. The Bertz CT molecular complexity index is 1140. The highest BCUT2D eigenvalue weighted by molar-refractivity contribution is 14.1. The quantitative estimate of drug-likeness (QED) is 0.217. The SMILES string of the molecule is [2H]C([2H])(NCC)C([2H])([2H])Oc1c(I)cc(C(=O)c2c(CCCC)oc3ccccc23)cc1I. The van der Waals surface area contributed by atoms with Crippen molar-refractivity contribution in [3.8, 4) is 5.75 Å². The molecule has 4 nitrogen and oxygen atoms in total. The number of unbranched alkanes of at least 4 members (excludes halogenated alkanes) is 1. The molecule has 6 heteroatoms. The maximum absolute atomic E-state index is 13.6. The third-order valence-corrected chi connectivity index (χ3v) is 5.99. The standard InChI is InChI=1S/C23H25I2NO3/c1-3-5-9-20-21(16-8-6-7-10-19(16)29-20)22(27)15-13-17(24)23(18(25)14-15)28-12-11-26-4-2/h6-8,10,13-14,26H,3-5,9,11-12H2,1-2H3/i11D2,12D2. The summed E-state index contributed by atoms with van der Waals surface area (Å²) in [5.41, 5.74) is 1.67. The first kappa shape index (κ1) is 17.5. The number of hydrogen-bond acceptors (Lipinski definition) is 4. The molecule has 0 aliphatic carbocycles. The van der Waals surface area contributed by atoms with E-state index in [9.17, 15) is 4.79 Å². The number of benzene rings is 2. The lowest BCUT2D eigenvalue weighted by atomic mass is 9.98. The molecular weight excluding hydrogens is 592 g/mol. The van der Waals surface area contributed by atoms with Crippen molar-refractivity contribution in [2.24, 2.45) is 0 Å². The summed E-state index contributed by atoms with van der Waals surface area (Å²) in [6, 6.07) is 10.8. The van der Waals surface area contributed by atoms with Gasteiger partial charge in [-0.15, -0.1) is 0 Å². The monoisotopic (exact) mass is 621 g/mol. The zero-order valence-electron chi connectivity index (χ0n) is 20.3. The Labute approximate surface area is 204 Å². The number of ketones is 1. The molecule has 0 bridgehead atoms. The van der Waals surface area contributed by atoms with Crippen LogP contribution in [0.25, 0.3) is 11.0 Å². The summed E-state index contributed by atoms with van der Waals surface area (Å²) >= 11 is 3.97. The van der Waals surface area contributed by atoms with Gasteiger partial charge in [0.1, 0.15) is 23.7 Å². The highest BCUT2D eigenvalue weighted by Crippen LogP contribution is 2.33. The van der Waals surface area contributed by atoms with E-state index in [0.717, 1.165) is 18.2 Å². The van der Waals surface area contributed by atoms with Crippen LogP contribution in [-0.2, 0) is 6.42 Å². The zero-order chi connectivity index (χ0) is 24.4. The molecule has 154 valence electrons. The van der Waals surface area contributed by atoms with Crippen LogP contribution in [0.2, 0.25) is 0 Å². The minimum absolute atomic E-state index is 0.167. The van der Waals surface area contributed by atoms with Crippen molar-refractivity contribution in [3.05, 3.63) is 60.4 Å². The van der Waals surface area contributed by atoms with Gasteiger partial charge in [0.25, 0.3) is 0 Å². The number of aryl methyl sites for hydroxylation is 1. The van der Waals surface area contributed by atoms with E-state index in [1.54, 1.807) is 19.1 Å². The molecule has 0 unspecified atom stereocenters. The normalized spacial score (nSPS) is 14.2. The fourth-order valence-electron chi connectivity index (χ4n) is 2.99. The Hall–Kier alpha value is -1.13. The largest absolute Gasteiger partial charge is 0.490 e. The van der Waals surface area contributed by atoms with E-state index in [0.29, 0.717) is 36.0 Å². The summed E-state index contributed by atoms with van der Waals surface area (Å²) in [5.74, 6) is 0.700. The highest BCUT2D eigenvalue weighted by atomic mass is 127. The van der Waals surface area contributed by atoms with E-state index in [1.165, 1.54) is 0 Å². The highest BCUT2D eigenvalue weighted by Gasteiger charge is 2.23. The molecule has 29 heavy (non-hydrogen) atoms. The van der Waals surface area contributed by atoms with Crippen molar-refractivity contribution < 1.29 is 19.4 Å². The molecule has 2 aromatic carbocycles. The van der Waals surface area contributed by atoms with Crippen LogP contribution >= 0.6 is 45.2 Å². The van der Waals surface area contributed by atoms with Crippen molar-refractivity contribution in [1.82, 2.24) is 5.32 Å². The van der Waals surface area contributed by atoms with Crippen LogP contribution in [0.4, 0.5) is 0 Å². The lowest BCUT2D eigenvalue weighted by molar-refractivity contribution is 0.103. The maximum atomic E-state index is 13.6. The maximum Gasteiger partial charge on any atom is 0.197 e. The number of carbonyl (C=O) groups is 1. The van der Waals surface area contributed by atoms with Gasteiger partial charge in [-0.05, 0) is 76.3 Å². The molecule has 1 N–H and O–H groups in total. The summed E-state index contributed by atoms with van der Waals surface area (Å²) in [6.45, 7) is -0.994. The topological polar surface area (TPSA) is 51.5 Å². The molecule has 0 saturated heterocycles. The minimum atomic E-state index is -2.62. The smallest absolute Gasteiger partial charge is 0.197 e. The van der Waals surface area contributed by atoms with Crippen LogP contribution < -0.4 is 10.1 Å². The van der Waals surface area contributed by atoms with Crippen LogP contribution in [0, 0.1) is 7.14 Å². The van der Waals surface area contributed by atoms with Gasteiger partial charge in [0.15, 0.2) is 5.78 Å². The van der Waals surface area contributed by atoms with E-state index in [2.05, 4.69) is 12.2 Å². The Morgan fingerprint density at radius 2 is 1.93 bits per heavy atom. The van der Waals surface area contributed by atoms with E-state index < -0.39 is 13.1 Å². The lowest BCUT2D eigenvalue weighted by Crippen LogP contribution is -2.20. The van der Waals surface area contributed by atoms with Gasteiger partial charge in [-0.1, -0.05) is 38.5 Å². The first-order valence-corrected chi connectivity index (χ1v) is 11.7. The fourth-order valence-corrected chi connectivity index (χ4v) is 4.98. The molecule has 0 fully saturated rings. The molecule has 1 heterocycles. The zero-order valence-corrected chi connectivity index (χ0v) is 20.6. The molecule has 0 aliphatic heterocycles. The Morgan fingerprint density at radius 1 is 1.21 bits per heavy atom. The number of rotatable bonds is 10. The molecule has 0 amide bonds. The Balaban J connectivity index is 2.00. The second-order valence-electron chi connectivity index (χ2n) is 6.46. The molecule has 1 aromatic heterocycles. The average molecular weight is 621 g/mol. The van der Waals surface area contributed by atoms with Crippen LogP contribution in [0.1, 0.15) is 53.9 Å². The van der Waals surface area contributed by atoms with Crippen LogP contribution in [0.5, 0.6) is 5.75 Å². The molecule has 3 rings (SSSR count). The van der Waals surface area contributed by atoms with Gasteiger partial charge in [0.2, 0.25) is 0 Å². The van der Waals surface area contributed by atoms with Gasteiger partial charge >= 0.3 is 0 Å². The second-order valence-corrected chi connectivity index (χ2v) is 8.78. The molecule has 0 aliphatic rings. The predicted octanol–water partition coefficient (Wildman–Crippen LogP) is 6.20. The summed E-state index contributed by atoms with van der Waals surface area (Å²) in [5, 5.41) is 3.25. The fraction of sp³-hybridized carbons (Fsp3) is 0.348. The summed E-state index contributed by atoms with van der Waals surface area (Å²) in [4.78, 5) is 13.6. The number of halogens is 2. The third kappa shape index (κ3) is 5.32. The van der Waals surface area contributed by atoms with Gasteiger partial charge in [-0.2, -0.15) is 0 Å². The molecule has 0 spiro atoms. The number of likely N-dealkylation sites (N-methyl/N-ethyl adjacent to an activating group) is 1. The molecular formula is C23H25I2NO3. The molecule has 0 atom stereocenters. The van der Waals surface area contributed by atoms with E-state index in [1.807, 2.05) is 69.4 Å². The number of ether oxygens (including phenoxy) is 1. The van der Waals surface area contributed by atoms with Gasteiger partial charge in [-0.3, -0.25) is 4.79 Å². The number of fused-ring (bicyclic) bond motifs is 1. The Kier molecular flexibility index (Phi) is 6.51. The molecule has 0 radical (unpaired) electrons. The number of furan rings is 1. The summed E-state index contributed by atoms with van der Waals surface area (Å²) in [6.07, 6.45) is 2.56.